The summed E-state index contributed by atoms with van der Waals surface area (Å²) in [6.45, 7) is 6.49. The number of carbonyl (C=O) groups is 1. The number of aromatic nitrogens is 1. The van der Waals surface area contributed by atoms with Gasteiger partial charge in [-0.25, -0.2) is 0 Å². The fourth-order valence-corrected chi connectivity index (χ4v) is 3.50. The van der Waals surface area contributed by atoms with Gasteiger partial charge in [0.05, 0.1) is 5.69 Å². The third-order valence-corrected chi connectivity index (χ3v) is 4.61. The second-order valence-corrected chi connectivity index (χ2v) is 6.45. The molecule has 2 heterocycles. The highest BCUT2D eigenvalue weighted by molar-refractivity contribution is 7.21. The van der Waals surface area contributed by atoms with Crippen LogP contribution in [0.3, 0.4) is 0 Å². The first-order chi connectivity index (χ1) is 9.93. The van der Waals surface area contributed by atoms with Gasteiger partial charge in [-0.3, -0.25) is 9.78 Å². The highest BCUT2D eigenvalue weighted by atomic mass is 32.1. The number of fused-ring (bicyclic) bond motifs is 1. The van der Waals surface area contributed by atoms with Crippen LogP contribution in [0.4, 0.5) is 5.69 Å². The summed E-state index contributed by atoms with van der Waals surface area (Å²) < 4.78 is 0.992. The van der Waals surface area contributed by atoms with E-state index in [1.807, 2.05) is 26.8 Å². The molecule has 2 rings (SSSR count). The maximum Gasteiger partial charge on any atom is 0.263 e. The number of carbonyl (C=O) groups excluding carboxylic acids is 1. The lowest BCUT2D eigenvalue weighted by Crippen LogP contribution is -2.28. The lowest BCUT2D eigenvalue weighted by atomic mass is 10.1. The maximum atomic E-state index is 12.3. The van der Waals surface area contributed by atoms with E-state index in [-0.39, 0.29) is 18.4 Å². The Kier molecular flexibility index (Phi) is 4.80. The van der Waals surface area contributed by atoms with Crippen molar-refractivity contribution in [1.29, 1.82) is 0 Å². The summed E-state index contributed by atoms with van der Waals surface area (Å²) in [7, 11) is 0. The van der Waals surface area contributed by atoms with Crippen molar-refractivity contribution in [2.45, 2.75) is 27.2 Å². The second kappa shape index (κ2) is 6.41. The van der Waals surface area contributed by atoms with Gasteiger partial charge in [-0.15, -0.1) is 11.3 Å². The molecule has 2 aromatic heterocycles. The van der Waals surface area contributed by atoms with Crippen LogP contribution in [-0.2, 0) is 0 Å². The molecule has 0 aliphatic carbocycles. The highest BCUT2D eigenvalue weighted by Crippen LogP contribution is 2.35. The van der Waals surface area contributed by atoms with Gasteiger partial charge in [0.2, 0.25) is 0 Å². The van der Waals surface area contributed by atoms with E-state index in [1.165, 1.54) is 11.3 Å². The van der Waals surface area contributed by atoms with Crippen molar-refractivity contribution in [1.82, 2.24) is 10.3 Å². The standard InChI is InChI=1S/C15H21N3O2S/c1-8(4-5-19)7-17-15(20)14-13(16)12-10(3)18-9(2)6-11(12)21-14/h6,8,19H,4-5,7,16H2,1-3H3,(H,17,20). The van der Waals surface area contributed by atoms with Gasteiger partial charge in [0, 0.05) is 34.6 Å². The Morgan fingerprint density at radius 3 is 2.90 bits per heavy atom. The van der Waals surface area contributed by atoms with Crippen LogP contribution in [0.25, 0.3) is 10.1 Å². The fraction of sp³-hybridized carbons (Fsp3) is 0.467. The monoisotopic (exact) mass is 307 g/mol. The lowest BCUT2D eigenvalue weighted by Gasteiger charge is -2.10. The molecule has 0 aliphatic rings. The fourth-order valence-electron chi connectivity index (χ4n) is 2.32. The molecule has 5 nitrogen and oxygen atoms in total. The number of hydrogen-bond acceptors (Lipinski definition) is 5. The Balaban J connectivity index is 2.24. The number of aliphatic hydroxyl groups is 1. The Labute approximate surface area is 128 Å². The molecule has 21 heavy (non-hydrogen) atoms. The Morgan fingerprint density at radius 1 is 1.52 bits per heavy atom. The number of hydrogen-bond donors (Lipinski definition) is 3. The number of nitrogen functional groups attached to an aromatic ring is 1. The van der Waals surface area contributed by atoms with Crippen LogP contribution >= 0.6 is 11.3 Å². The molecular formula is C15H21N3O2S. The van der Waals surface area contributed by atoms with Gasteiger partial charge in [0.25, 0.3) is 5.91 Å². The third-order valence-electron chi connectivity index (χ3n) is 3.46. The van der Waals surface area contributed by atoms with Crippen molar-refractivity contribution in [3.05, 3.63) is 22.3 Å². The van der Waals surface area contributed by atoms with Gasteiger partial charge in [-0.2, -0.15) is 0 Å². The SMILES string of the molecule is Cc1cc2sc(C(=O)NCC(C)CCO)c(N)c2c(C)n1. The number of nitrogens with two attached hydrogens (primary N) is 1. The van der Waals surface area contributed by atoms with Crippen molar-refractivity contribution in [2.24, 2.45) is 5.92 Å². The molecule has 0 radical (unpaired) electrons. The maximum absolute atomic E-state index is 12.3. The highest BCUT2D eigenvalue weighted by Gasteiger charge is 2.18. The van der Waals surface area contributed by atoms with Crippen LogP contribution in [0, 0.1) is 19.8 Å². The summed E-state index contributed by atoms with van der Waals surface area (Å²) in [6.07, 6.45) is 0.671. The van der Waals surface area contributed by atoms with Crippen LogP contribution in [0.1, 0.15) is 34.4 Å². The van der Waals surface area contributed by atoms with Crippen LogP contribution in [-0.4, -0.2) is 29.1 Å². The smallest absolute Gasteiger partial charge is 0.263 e. The van der Waals surface area contributed by atoms with Crippen LogP contribution in [0.2, 0.25) is 0 Å². The van der Waals surface area contributed by atoms with Gasteiger partial charge in [0.15, 0.2) is 0 Å². The first-order valence-electron chi connectivity index (χ1n) is 6.99. The van der Waals surface area contributed by atoms with E-state index in [0.717, 1.165) is 21.5 Å². The molecule has 0 bridgehead atoms. The van der Waals surface area contributed by atoms with Crippen LogP contribution in [0.15, 0.2) is 6.07 Å². The number of pyridine rings is 1. The van der Waals surface area contributed by atoms with E-state index in [9.17, 15) is 4.79 Å². The van der Waals surface area contributed by atoms with Gasteiger partial charge in [0.1, 0.15) is 4.88 Å². The van der Waals surface area contributed by atoms with E-state index in [1.54, 1.807) is 0 Å². The molecule has 4 N–H and O–H groups in total. The van der Waals surface area contributed by atoms with E-state index >= 15 is 0 Å². The number of aliphatic hydroxyl groups excluding tert-OH is 1. The summed E-state index contributed by atoms with van der Waals surface area (Å²) in [5.74, 6) is 0.0794. The summed E-state index contributed by atoms with van der Waals surface area (Å²) in [5, 5.41) is 12.6. The summed E-state index contributed by atoms with van der Waals surface area (Å²) in [4.78, 5) is 17.2. The van der Waals surface area contributed by atoms with Crippen LogP contribution in [0.5, 0.6) is 0 Å². The lowest BCUT2D eigenvalue weighted by molar-refractivity contribution is 0.0950. The third kappa shape index (κ3) is 3.33. The van der Waals surface area contributed by atoms with Gasteiger partial charge >= 0.3 is 0 Å². The molecule has 1 atom stereocenters. The number of nitrogens with zero attached hydrogens (tertiary/aromatic N) is 1. The topological polar surface area (TPSA) is 88.2 Å². The molecule has 6 heteroatoms. The zero-order valence-electron chi connectivity index (χ0n) is 12.6. The number of amides is 1. The molecule has 2 aromatic rings. The average Bonchev–Trinajstić information content (AvgIpc) is 2.73. The Hall–Kier alpha value is -1.66. The second-order valence-electron chi connectivity index (χ2n) is 5.39. The Morgan fingerprint density at radius 2 is 2.24 bits per heavy atom. The van der Waals surface area contributed by atoms with E-state index < -0.39 is 0 Å². The minimum absolute atomic E-state index is 0.131. The molecule has 114 valence electrons. The first kappa shape index (κ1) is 15.7. The largest absolute Gasteiger partial charge is 0.397 e. The predicted octanol–water partition coefficient (Wildman–Crippen LogP) is 2.24. The molecule has 0 aromatic carbocycles. The quantitative estimate of drug-likeness (QED) is 0.790. The van der Waals surface area contributed by atoms with Crippen molar-refractivity contribution >= 4 is 33.0 Å². The van der Waals surface area contributed by atoms with Gasteiger partial charge < -0.3 is 16.2 Å². The number of aryl methyl sites for hydroxylation is 2. The summed E-state index contributed by atoms with van der Waals surface area (Å²) in [6, 6.07) is 1.95. The van der Waals surface area contributed by atoms with Gasteiger partial charge in [-0.05, 0) is 32.3 Å². The molecular weight excluding hydrogens is 286 g/mol. The minimum atomic E-state index is -0.157. The van der Waals surface area contributed by atoms with E-state index in [2.05, 4.69) is 10.3 Å². The zero-order valence-corrected chi connectivity index (χ0v) is 13.4. The van der Waals surface area contributed by atoms with Crippen molar-refractivity contribution in [2.75, 3.05) is 18.9 Å². The summed E-state index contributed by atoms with van der Waals surface area (Å²) in [5.41, 5.74) is 8.41. The average molecular weight is 307 g/mol. The number of nitrogens with one attached hydrogen (secondary N) is 1. The molecule has 0 spiro atoms. The first-order valence-corrected chi connectivity index (χ1v) is 7.81. The number of anilines is 1. The normalized spacial score (nSPS) is 12.6. The van der Waals surface area contributed by atoms with Crippen molar-refractivity contribution in [3.8, 4) is 0 Å². The van der Waals surface area contributed by atoms with E-state index in [4.69, 9.17) is 10.8 Å². The molecule has 1 unspecified atom stereocenters. The van der Waals surface area contributed by atoms with Crippen LogP contribution < -0.4 is 11.1 Å². The van der Waals surface area contributed by atoms with Gasteiger partial charge in [-0.1, -0.05) is 6.92 Å². The molecule has 0 fully saturated rings. The molecule has 0 saturated carbocycles. The predicted molar refractivity (Wildman–Crippen MR) is 86.7 cm³/mol. The summed E-state index contributed by atoms with van der Waals surface area (Å²) >= 11 is 1.40. The minimum Gasteiger partial charge on any atom is -0.397 e. The number of thiophene rings is 1. The molecule has 0 saturated heterocycles. The Bertz CT molecular complexity index is 666. The zero-order chi connectivity index (χ0) is 15.6. The number of rotatable bonds is 5. The van der Waals surface area contributed by atoms with E-state index in [0.29, 0.717) is 23.5 Å². The molecule has 1 amide bonds. The van der Waals surface area contributed by atoms with Crippen molar-refractivity contribution < 1.29 is 9.90 Å². The van der Waals surface area contributed by atoms with Crippen molar-refractivity contribution in [3.63, 3.8) is 0 Å². The molecule has 0 aliphatic heterocycles.